The lowest BCUT2D eigenvalue weighted by atomic mass is 9.33. The molecule has 7 aromatic carbocycles. The maximum absolute atomic E-state index is 2.92. The molecule has 1 fully saturated rings. The van der Waals surface area contributed by atoms with Crippen LogP contribution in [0.2, 0.25) is 0 Å². The minimum Gasteiger partial charge on any atom is -0.335 e. The molecule has 0 bridgehead atoms. The summed E-state index contributed by atoms with van der Waals surface area (Å²) < 4.78 is 2.67. The smallest absolute Gasteiger partial charge is 0.252 e. The van der Waals surface area contributed by atoms with Gasteiger partial charge in [-0.15, -0.1) is 0 Å². The summed E-state index contributed by atoms with van der Waals surface area (Å²) in [5.41, 5.74) is 23.4. The summed E-state index contributed by atoms with van der Waals surface area (Å²) in [6.45, 7) is 12.6. The van der Waals surface area contributed by atoms with Crippen molar-refractivity contribution in [2.75, 3.05) is 9.80 Å². The van der Waals surface area contributed by atoms with E-state index in [0.717, 1.165) is 25.7 Å². The van der Waals surface area contributed by atoms with E-state index in [1.807, 2.05) is 0 Å². The Labute approximate surface area is 359 Å². The molecule has 3 nitrogen and oxygen atoms in total. The molecule has 4 atom stereocenters. The van der Waals surface area contributed by atoms with E-state index in [2.05, 4.69) is 189 Å². The fourth-order valence-electron chi connectivity index (χ4n) is 15.2. The van der Waals surface area contributed by atoms with Gasteiger partial charge >= 0.3 is 0 Å². The van der Waals surface area contributed by atoms with Gasteiger partial charge in [-0.3, -0.25) is 0 Å². The Morgan fingerprint density at radius 1 is 0.590 bits per heavy atom. The Hall–Kier alpha value is -6.00. The SMILES string of the molecule is Cc1cc(C)c2c(c1)N(c1cc3c4c(c1)-n1c5ccccc5c5cccc(c51)B4c1cccc4c1N3C1(C)CCCCC41c1ccccc1)C1(C)c3ccccc3CCC21C. The van der Waals surface area contributed by atoms with Crippen LogP contribution in [0.15, 0.2) is 140 Å². The van der Waals surface area contributed by atoms with Crippen molar-refractivity contribution in [3.05, 3.63) is 178 Å². The van der Waals surface area contributed by atoms with Gasteiger partial charge in [0.25, 0.3) is 6.71 Å². The van der Waals surface area contributed by atoms with Gasteiger partial charge in [-0.2, -0.15) is 0 Å². The van der Waals surface area contributed by atoms with Gasteiger partial charge in [-0.05, 0) is 133 Å². The van der Waals surface area contributed by atoms with Crippen molar-refractivity contribution in [2.24, 2.45) is 0 Å². The van der Waals surface area contributed by atoms with Crippen molar-refractivity contribution in [3.63, 3.8) is 0 Å². The van der Waals surface area contributed by atoms with Crippen LogP contribution < -0.4 is 26.2 Å². The average Bonchev–Trinajstić information content (AvgIpc) is 3.82. The van der Waals surface area contributed by atoms with Gasteiger partial charge in [-0.25, -0.2) is 0 Å². The maximum Gasteiger partial charge on any atom is 0.252 e. The molecule has 4 heteroatoms. The molecular formula is C57H50BN3. The summed E-state index contributed by atoms with van der Waals surface area (Å²) in [6, 6.07) is 55.0. The van der Waals surface area contributed by atoms with Gasteiger partial charge in [-0.1, -0.05) is 135 Å². The van der Waals surface area contributed by atoms with Gasteiger partial charge in [0, 0.05) is 55.6 Å². The van der Waals surface area contributed by atoms with E-state index in [-0.39, 0.29) is 28.6 Å². The highest BCUT2D eigenvalue weighted by Gasteiger charge is 2.65. The van der Waals surface area contributed by atoms with Crippen molar-refractivity contribution in [1.29, 1.82) is 0 Å². The van der Waals surface area contributed by atoms with Crippen LogP contribution in [0.1, 0.15) is 91.8 Å². The van der Waals surface area contributed by atoms with E-state index >= 15 is 0 Å². The number of anilines is 4. The van der Waals surface area contributed by atoms with Gasteiger partial charge < -0.3 is 14.4 Å². The first-order valence-electron chi connectivity index (χ1n) is 22.9. The first-order valence-corrected chi connectivity index (χ1v) is 22.9. The fraction of sp³-hybridized carbons (Fsp3) is 0.263. The Balaban J connectivity index is 1.16. The number of nitrogens with zero attached hydrogens (tertiary/aromatic N) is 3. The number of hydrogen-bond acceptors (Lipinski definition) is 2. The third-order valence-corrected chi connectivity index (χ3v) is 17.6. The number of fused-ring (bicyclic) bond motifs is 15. The Bertz CT molecular complexity index is 3270. The van der Waals surface area contributed by atoms with E-state index in [1.165, 1.54) is 118 Å². The van der Waals surface area contributed by atoms with E-state index in [1.54, 1.807) is 0 Å². The standard InChI is InChI=1S/C57H50BN3/c1-35-31-36(2)50-47(32-35)60(56(5)42-22-11-9-17-37(42)27-30-54(50,56)3)39-33-48-51-49(34-39)61-53-43(57(38-18-7-6-8-19-38)29-14-13-28-55(57,61)4)23-16-25-45(53)58(51)44-24-15-21-41-40-20-10-12-26-46(40)59(48)52(41)44/h6-12,15-26,31-34H,13-14,27-30H2,1-5H3. The van der Waals surface area contributed by atoms with Gasteiger partial charge in [0.1, 0.15) is 0 Å². The molecule has 14 rings (SSSR count). The Morgan fingerprint density at radius 2 is 1.31 bits per heavy atom. The largest absolute Gasteiger partial charge is 0.335 e. The van der Waals surface area contributed by atoms with E-state index < -0.39 is 0 Å². The molecule has 0 spiro atoms. The van der Waals surface area contributed by atoms with Crippen LogP contribution >= 0.6 is 0 Å². The fourth-order valence-corrected chi connectivity index (χ4v) is 15.2. The van der Waals surface area contributed by atoms with Crippen LogP contribution in [-0.2, 0) is 22.8 Å². The number of para-hydroxylation sites is 3. The highest BCUT2D eigenvalue weighted by molar-refractivity contribution is 7.00. The first-order chi connectivity index (χ1) is 29.7. The van der Waals surface area contributed by atoms with Gasteiger partial charge in [0.05, 0.1) is 16.6 Å². The molecular weight excluding hydrogens is 737 g/mol. The van der Waals surface area contributed by atoms with Crippen molar-refractivity contribution in [3.8, 4) is 5.69 Å². The Kier molecular flexibility index (Phi) is 6.41. The Morgan fingerprint density at radius 3 is 2.20 bits per heavy atom. The summed E-state index contributed by atoms with van der Waals surface area (Å²) >= 11 is 0. The zero-order valence-corrected chi connectivity index (χ0v) is 35.9. The molecule has 61 heavy (non-hydrogen) atoms. The molecule has 0 radical (unpaired) electrons. The van der Waals surface area contributed by atoms with E-state index in [9.17, 15) is 0 Å². The van der Waals surface area contributed by atoms with Crippen molar-refractivity contribution >= 4 is 67.7 Å². The lowest BCUT2D eigenvalue weighted by molar-refractivity contribution is 0.215. The van der Waals surface area contributed by atoms with Crippen molar-refractivity contribution in [1.82, 2.24) is 4.57 Å². The molecule has 4 aliphatic heterocycles. The lowest BCUT2D eigenvalue weighted by Crippen LogP contribution is -2.64. The van der Waals surface area contributed by atoms with E-state index in [0.29, 0.717) is 0 Å². The normalized spacial score (nSPS) is 25.9. The second kappa shape index (κ2) is 11.3. The monoisotopic (exact) mass is 787 g/mol. The third-order valence-electron chi connectivity index (χ3n) is 17.6. The molecule has 4 unspecified atom stereocenters. The van der Waals surface area contributed by atoms with Crippen molar-refractivity contribution in [2.45, 2.75) is 95.1 Å². The van der Waals surface area contributed by atoms with Crippen LogP contribution in [0.3, 0.4) is 0 Å². The number of aryl methyl sites for hydroxylation is 3. The third kappa shape index (κ3) is 3.76. The summed E-state index contributed by atoms with van der Waals surface area (Å²) in [7, 11) is 0. The van der Waals surface area contributed by atoms with Crippen molar-refractivity contribution < 1.29 is 0 Å². The molecule has 0 saturated heterocycles. The van der Waals surface area contributed by atoms with E-state index in [4.69, 9.17) is 0 Å². The van der Waals surface area contributed by atoms with Crippen LogP contribution in [0, 0.1) is 13.8 Å². The molecule has 6 aliphatic rings. The van der Waals surface area contributed by atoms with Crippen LogP contribution in [0.25, 0.3) is 27.5 Å². The summed E-state index contributed by atoms with van der Waals surface area (Å²) in [6.07, 6.45) is 6.97. The second-order valence-corrected chi connectivity index (χ2v) is 20.1. The molecule has 0 N–H and O–H groups in total. The highest BCUT2D eigenvalue weighted by atomic mass is 15.3. The average molecular weight is 788 g/mol. The molecule has 1 saturated carbocycles. The number of hydrogen-bond donors (Lipinski definition) is 0. The maximum atomic E-state index is 2.92. The molecule has 296 valence electrons. The molecule has 8 aromatic rings. The minimum absolute atomic E-state index is 0.0879. The predicted octanol–water partition coefficient (Wildman–Crippen LogP) is 11.6. The summed E-state index contributed by atoms with van der Waals surface area (Å²) in [5.74, 6) is 0. The molecule has 2 aliphatic carbocycles. The van der Waals surface area contributed by atoms with Crippen LogP contribution in [0.4, 0.5) is 22.7 Å². The zero-order chi connectivity index (χ0) is 40.8. The lowest BCUT2D eigenvalue weighted by Gasteiger charge is -2.54. The van der Waals surface area contributed by atoms with Gasteiger partial charge in [0.2, 0.25) is 0 Å². The topological polar surface area (TPSA) is 11.4 Å². The first kappa shape index (κ1) is 34.7. The second-order valence-electron chi connectivity index (χ2n) is 20.1. The molecule has 1 aromatic heterocycles. The summed E-state index contributed by atoms with van der Waals surface area (Å²) in [4.78, 5) is 5.76. The predicted molar refractivity (Wildman–Crippen MR) is 256 cm³/mol. The van der Waals surface area contributed by atoms with Crippen LogP contribution in [0.5, 0.6) is 0 Å². The number of rotatable bonds is 2. The molecule has 5 heterocycles. The molecule has 0 amide bonds. The zero-order valence-electron chi connectivity index (χ0n) is 35.9. The van der Waals surface area contributed by atoms with Gasteiger partial charge in [0.15, 0.2) is 0 Å². The summed E-state index contributed by atoms with van der Waals surface area (Å²) in [5, 5.41) is 2.68. The minimum atomic E-state index is -0.310. The quantitative estimate of drug-likeness (QED) is 0.162. The number of benzene rings is 7. The van der Waals surface area contributed by atoms with Crippen LogP contribution in [-0.4, -0.2) is 16.8 Å². The number of aromatic nitrogens is 1. The highest BCUT2D eigenvalue weighted by Crippen LogP contribution is 2.67.